The third kappa shape index (κ3) is 5.34. The number of halogens is 1. The lowest BCUT2D eigenvalue weighted by molar-refractivity contribution is -0.138. The number of likely N-dealkylation sites (tertiary alicyclic amines) is 1. The van der Waals surface area contributed by atoms with E-state index in [0.717, 1.165) is 0 Å². The van der Waals surface area contributed by atoms with Crippen molar-refractivity contribution in [2.75, 3.05) is 43.5 Å². The normalized spacial score (nSPS) is 18.6. The predicted molar refractivity (Wildman–Crippen MR) is 129 cm³/mol. The minimum atomic E-state index is -1.45. The van der Waals surface area contributed by atoms with Crippen LogP contribution in [0.2, 0.25) is 0 Å². The fraction of sp³-hybridized carbons (Fsp3) is 0.333. The third-order valence-electron chi connectivity index (χ3n) is 5.94. The van der Waals surface area contributed by atoms with E-state index in [1.54, 1.807) is 30.5 Å². The summed E-state index contributed by atoms with van der Waals surface area (Å²) in [4.78, 5) is 30.0. The van der Waals surface area contributed by atoms with Gasteiger partial charge in [-0.1, -0.05) is 0 Å². The van der Waals surface area contributed by atoms with E-state index in [-0.39, 0.29) is 36.8 Å². The number of aliphatic hydroxyl groups is 1. The molecule has 37 heavy (non-hydrogen) atoms. The Kier molecular flexibility index (Phi) is 6.91. The summed E-state index contributed by atoms with van der Waals surface area (Å²) >= 11 is 0. The van der Waals surface area contributed by atoms with Crippen molar-refractivity contribution in [1.82, 2.24) is 24.8 Å². The first kappa shape index (κ1) is 24.1. The smallest absolute Gasteiger partial charge is 0.248 e. The molecule has 4 heterocycles. The van der Waals surface area contributed by atoms with Crippen LogP contribution in [0.5, 0.6) is 11.5 Å². The first-order valence-electron chi connectivity index (χ1n) is 11.6. The highest BCUT2D eigenvalue weighted by Crippen LogP contribution is 2.30. The molecule has 13 heteroatoms. The van der Waals surface area contributed by atoms with Crippen molar-refractivity contribution in [2.24, 2.45) is 0 Å². The van der Waals surface area contributed by atoms with E-state index in [2.05, 4.69) is 36.6 Å². The predicted octanol–water partition coefficient (Wildman–Crippen LogP) is 1.66. The summed E-state index contributed by atoms with van der Waals surface area (Å²) in [5.74, 6) is 1.59. The van der Waals surface area contributed by atoms with E-state index in [9.17, 15) is 14.4 Å². The molecule has 0 aliphatic carbocycles. The number of amides is 1. The van der Waals surface area contributed by atoms with Gasteiger partial charge in [0, 0.05) is 24.6 Å². The molecule has 190 valence electrons. The number of carbonyl (C=O) groups is 1. The minimum Gasteiger partial charge on any atom is -0.488 e. The molecule has 0 unspecified atom stereocenters. The van der Waals surface area contributed by atoms with Gasteiger partial charge in [0.25, 0.3) is 0 Å². The Balaban J connectivity index is 1.30. The highest BCUT2D eigenvalue weighted by molar-refractivity contribution is 5.77. The topological polar surface area (TPSA) is 158 Å². The van der Waals surface area contributed by atoms with Gasteiger partial charge in [-0.3, -0.25) is 4.79 Å². The molecular weight excluding hydrogens is 483 g/mol. The number of ether oxygens (including phenoxy) is 2. The van der Waals surface area contributed by atoms with Crippen LogP contribution in [-0.4, -0.2) is 81.0 Å². The molecule has 1 saturated heterocycles. The van der Waals surface area contributed by atoms with Gasteiger partial charge in [-0.15, -0.1) is 0 Å². The Morgan fingerprint density at radius 3 is 3.05 bits per heavy atom. The maximum atomic E-state index is 14.6. The summed E-state index contributed by atoms with van der Waals surface area (Å²) in [5, 5.41) is 24.9. The zero-order valence-electron chi connectivity index (χ0n) is 19.6. The number of piperidine rings is 1. The van der Waals surface area contributed by atoms with Gasteiger partial charge in [0.15, 0.2) is 23.6 Å². The van der Waals surface area contributed by atoms with Crippen LogP contribution in [-0.2, 0) is 4.79 Å². The lowest BCUT2D eigenvalue weighted by Gasteiger charge is -2.34. The molecule has 3 N–H and O–H groups in total. The Morgan fingerprint density at radius 2 is 2.24 bits per heavy atom. The Bertz CT molecular complexity index is 1350. The van der Waals surface area contributed by atoms with E-state index < -0.39 is 24.8 Å². The maximum Gasteiger partial charge on any atom is 0.248 e. The van der Waals surface area contributed by atoms with E-state index in [4.69, 9.17) is 14.6 Å². The second kappa shape index (κ2) is 10.6. The van der Waals surface area contributed by atoms with Crippen LogP contribution in [0.25, 0.3) is 11.4 Å². The van der Waals surface area contributed by atoms with Crippen LogP contribution >= 0.6 is 0 Å². The number of hydrogen-bond acceptors (Lipinski definition) is 11. The van der Waals surface area contributed by atoms with Crippen LogP contribution in [0.3, 0.4) is 0 Å². The number of carbonyl (C=O) groups excluding carboxylic acids is 1. The van der Waals surface area contributed by atoms with E-state index >= 15 is 0 Å². The van der Waals surface area contributed by atoms with Gasteiger partial charge in [0.1, 0.15) is 37.5 Å². The molecule has 5 rings (SSSR count). The molecule has 1 fully saturated rings. The lowest BCUT2D eigenvalue weighted by atomic mass is 10.0. The average Bonchev–Trinajstić information content (AvgIpc) is 2.94. The van der Waals surface area contributed by atoms with Crippen molar-refractivity contribution >= 4 is 23.4 Å². The molecule has 0 saturated carbocycles. The van der Waals surface area contributed by atoms with Crippen molar-refractivity contribution in [2.45, 2.75) is 18.7 Å². The average molecular weight is 506 g/mol. The number of nitrogens with one attached hydrogen (secondary N) is 2. The monoisotopic (exact) mass is 506 g/mol. The second-order valence-electron chi connectivity index (χ2n) is 8.39. The van der Waals surface area contributed by atoms with E-state index in [0.29, 0.717) is 41.8 Å². The van der Waals surface area contributed by atoms with Gasteiger partial charge in [-0.2, -0.15) is 10.2 Å². The van der Waals surface area contributed by atoms with Crippen LogP contribution in [0, 0.1) is 11.3 Å². The SMILES string of the molecule is N#Cc1cc(-c2ncnc(Nc3cnc4c(c3)OCCN4)n2)ccc1O[C@H]1CCN(C(=O)CO)C[C@H]1F. The number of pyridine rings is 1. The summed E-state index contributed by atoms with van der Waals surface area (Å²) in [6, 6.07) is 8.67. The summed E-state index contributed by atoms with van der Waals surface area (Å²) in [5.41, 5.74) is 1.37. The highest BCUT2D eigenvalue weighted by Gasteiger charge is 2.33. The van der Waals surface area contributed by atoms with Crippen molar-refractivity contribution in [3.63, 3.8) is 0 Å². The zero-order chi connectivity index (χ0) is 25.8. The number of fused-ring (bicyclic) bond motifs is 1. The van der Waals surface area contributed by atoms with E-state index in [1.807, 2.05) is 0 Å². The van der Waals surface area contributed by atoms with Gasteiger partial charge in [0.05, 0.1) is 30.5 Å². The van der Waals surface area contributed by atoms with Crippen molar-refractivity contribution < 1.29 is 23.8 Å². The molecule has 0 bridgehead atoms. The zero-order valence-corrected chi connectivity index (χ0v) is 19.6. The molecular formula is C24H23FN8O4. The van der Waals surface area contributed by atoms with E-state index in [1.165, 1.54) is 11.2 Å². The summed E-state index contributed by atoms with van der Waals surface area (Å²) in [7, 11) is 0. The number of hydrogen-bond donors (Lipinski definition) is 3. The van der Waals surface area contributed by atoms with Crippen molar-refractivity contribution in [1.29, 1.82) is 5.26 Å². The van der Waals surface area contributed by atoms with Gasteiger partial charge in [0.2, 0.25) is 11.9 Å². The number of nitrogens with zero attached hydrogens (tertiary/aromatic N) is 6. The molecule has 12 nitrogen and oxygen atoms in total. The number of aromatic nitrogens is 4. The molecule has 1 amide bonds. The highest BCUT2D eigenvalue weighted by atomic mass is 19.1. The summed E-state index contributed by atoms with van der Waals surface area (Å²) in [6.45, 7) is 0.657. The van der Waals surface area contributed by atoms with Gasteiger partial charge in [-0.05, 0) is 18.2 Å². The van der Waals surface area contributed by atoms with Gasteiger partial charge >= 0.3 is 0 Å². The fourth-order valence-corrected chi connectivity index (χ4v) is 4.08. The van der Waals surface area contributed by atoms with Crippen LogP contribution in [0.1, 0.15) is 12.0 Å². The summed E-state index contributed by atoms with van der Waals surface area (Å²) < 4.78 is 26.0. The number of alkyl halides is 1. The van der Waals surface area contributed by atoms with Gasteiger partial charge < -0.3 is 30.1 Å². The van der Waals surface area contributed by atoms with Crippen LogP contribution in [0.4, 0.5) is 21.8 Å². The lowest BCUT2D eigenvalue weighted by Crippen LogP contribution is -2.50. The molecule has 2 aliphatic rings. The summed E-state index contributed by atoms with van der Waals surface area (Å²) in [6.07, 6.45) is 0.942. The quantitative estimate of drug-likeness (QED) is 0.446. The first-order valence-corrected chi connectivity index (χ1v) is 11.6. The standard InChI is InChI=1S/C24H23FN8O4/c25-17-11-33(21(35)12-34)5-3-19(17)37-18-2-1-14(7-15(18)9-26)22-29-13-30-24(32-22)31-16-8-20-23(28-10-16)27-4-6-36-20/h1-2,7-8,10,13,17,19,34H,3-6,11-12H2,(H,27,28)(H,29,30,31,32)/t17-,19+/m1/s1. The molecule has 1 aromatic carbocycles. The van der Waals surface area contributed by atoms with Crippen molar-refractivity contribution in [3.8, 4) is 29.0 Å². The first-order chi connectivity index (χ1) is 18.0. The number of rotatable bonds is 6. The molecule has 2 aromatic heterocycles. The van der Waals surface area contributed by atoms with Crippen LogP contribution in [0.15, 0.2) is 36.8 Å². The number of anilines is 3. The Hall–Kier alpha value is -4.57. The van der Waals surface area contributed by atoms with Crippen LogP contribution < -0.4 is 20.1 Å². The Labute approximate surface area is 211 Å². The molecule has 0 radical (unpaired) electrons. The van der Waals surface area contributed by atoms with Gasteiger partial charge in [-0.25, -0.2) is 19.3 Å². The molecule has 3 aromatic rings. The second-order valence-corrected chi connectivity index (χ2v) is 8.39. The molecule has 0 spiro atoms. The maximum absolute atomic E-state index is 14.6. The number of aliphatic hydroxyl groups excluding tert-OH is 1. The number of nitriles is 1. The molecule has 2 aliphatic heterocycles. The van der Waals surface area contributed by atoms with Crippen molar-refractivity contribution in [3.05, 3.63) is 42.4 Å². The molecule has 2 atom stereocenters. The number of benzene rings is 1. The Morgan fingerprint density at radius 1 is 1.35 bits per heavy atom. The minimum absolute atomic E-state index is 0.174. The third-order valence-corrected chi connectivity index (χ3v) is 5.94. The largest absolute Gasteiger partial charge is 0.488 e. The fourth-order valence-electron chi connectivity index (χ4n) is 4.08.